The number of ether oxygens (including phenoxy) is 1. The molecule has 0 spiro atoms. The Labute approximate surface area is 134 Å². The highest BCUT2D eigenvalue weighted by Gasteiger charge is 2.38. The molecule has 1 aromatic rings. The predicted molar refractivity (Wildman–Crippen MR) is 83.1 cm³/mol. The van der Waals surface area contributed by atoms with E-state index in [1.54, 1.807) is 6.07 Å². The Hall–Kier alpha value is -2.17. The molecule has 0 radical (unpaired) electrons. The summed E-state index contributed by atoms with van der Waals surface area (Å²) in [5.74, 6) is 0.108. The first-order valence-electron chi connectivity index (χ1n) is 7.83. The molecule has 3 atom stereocenters. The van der Waals surface area contributed by atoms with Crippen LogP contribution in [0.3, 0.4) is 0 Å². The number of benzene rings is 1. The van der Waals surface area contributed by atoms with E-state index in [-0.39, 0.29) is 23.8 Å². The Kier molecular flexibility index (Phi) is 4.46. The third kappa shape index (κ3) is 3.00. The molecule has 1 heterocycles. The molecular formula is C16H19N3O4. The monoisotopic (exact) mass is 317 g/mol. The van der Waals surface area contributed by atoms with Gasteiger partial charge >= 0.3 is 0 Å². The lowest BCUT2D eigenvalue weighted by Crippen LogP contribution is -2.51. The molecule has 1 aromatic carbocycles. The van der Waals surface area contributed by atoms with Crippen LogP contribution in [0.15, 0.2) is 18.2 Å². The van der Waals surface area contributed by atoms with Crippen LogP contribution in [0.1, 0.15) is 24.8 Å². The van der Waals surface area contributed by atoms with Crippen molar-refractivity contribution in [3.05, 3.63) is 33.9 Å². The fraction of sp³-hybridized carbons (Fsp3) is 0.562. The van der Waals surface area contributed by atoms with Crippen LogP contribution in [-0.4, -0.2) is 41.9 Å². The van der Waals surface area contributed by atoms with Gasteiger partial charge in [0, 0.05) is 24.6 Å². The van der Waals surface area contributed by atoms with E-state index in [2.05, 4.69) is 11.0 Å². The molecule has 1 saturated carbocycles. The van der Waals surface area contributed by atoms with Gasteiger partial charge in [-0.2, -0.15) is 5.26 Å². The number of non-ortho nitro benzene ring substituents is 1. The van der Waals surface area contributed by atoms with E-state index in [0.717, 1.165) is 19.3 Å². The molecule has 7 nitrogen and oxygen atoms in total. The molecule has 23 heavy (non-hydrogen) atoms. The van der Waals surface area contributed by atoms with Crippen LogP contribution in [0.5, 0.6) is 0 Å². The zero-order chi connectivity index (χ0) is 16.4. The fourth-order valence-electron chi connectivity index (χ4n) is 3.67. The van der Waals surface area contributed by atoms with Crippen LogP contribution in [0.2, 0.25) is 0 Å². The van der Waals surface area contributed by atoms with E-state index >= 15 is 0 Å². The lowest BCUT2D eigenvalue weighted by molar-refractivity contribution is -0.384. The van der Waals surface area contributed by atoms with Crippen molar-refractivity contribution < 1.29 is 14.8 Å². The molecule has 1 saturated heterocycles. The van der Waals surface area contributed by atoms with Gasteiger partial charge in [0.1, 0.15) is 6.07 Å². The standard InChI is InChI=1S/C16H19N3O4/c17-9-11-8-12(19(21)22)4-5-14(11)18-6-7-23-10-15(18)13-2-1-3-16(13)20/h4-5,8,13,15-16,20H,1-3,6-7,10H2/t13-,15+,16-/m0/s1. The highest BCUT2D eigenvalue weighted by atomic mass is 16.6. The summed E-state index contributed by atoms with van der Waals surface area (Å²) >= 11 is 0. The molecule has 0 bridgehead atoms. The Morgan fingerprint density at radius 3 is 2.91 bits per heavy atom. The molecule has 0 amide bonds. The van der Waals surface area contributed by atoms with Gasteiger partial charge in [0.15, 0.2) is 0 Å². The summed E-state index contributed by atoms with van der Waals surface area (Å²) in [6, 6.07) is 6.43. The summed E-state index contributed by atoms with van der Waals surface area (Å²) in [4.78, 5) is 12.5. The second-order valence-electron chi connectivity index (χ2n) is 6.07. The molecule has 2 aliphatic rings. The number of hydrogen-bond donors (Lipinski definition) is 1. The maximum Gasteiger partial charge on any atom is 0.270 e. The Morgan fingerprint density at radius 2 is 2.26 bits per heavy atom. The zero-order valence-electron chi connectivity index (χ0n) is 12.7. The number of aliphatic hydroxyl groups is 1. The van der Waals surface area contributed by atoms with Crippen LogP contribution in [0.4, 0.5) is 11.4 Å². The SMILES string of the molecule is N#Cc1cc([N+](=O)[O-])ccc1N1CCOC[C@@H]1[C@@H]1CCC[C@@H]1O. The first-order chi connectivity index (χ1) is 11.1. The van der Waals surface area contributed by atoms with E-state index < -0.39 is 4.92 Å². The maximum atomic E-state index is 10.9. The molecule has 7 heteroatoms. The molecule has 1 aliphatic carbocycles. The molecule has 122 valence electrons. The third-order valence-electron chi connectivity index (χ3n) is 4.81. The minimum Gasteiger partial charge on any atom is -0.393 e. The highest BCUT2D eigenvalue weighted by Crippen LogP contribution is 2.36. The molecule has 2 fully saturated rings. The molecular weight excluding hydrogens is 298 g/mol. The van der Waals surface area contributed by atoms with Crippen molar-refractivity contribution in [3.63, 3.8) is 0 Å². The smallest absolute Gasteiger partial charge is 0.270 e. The summed E-state index contributed by atoms with van der Waals surface area (Å²) < 4.78 is 5.59. The Balaban J connectivity index is 1.94. The number of nitriles is 1. The van der Waals surface area contributed by atoms with Crippen molar-refractivity contribution >= 4 is 11.4 Å². The van der Waals surface area contributed by atoms with Gasteiger partial charge in [-0.25, -0.2) is 0 Å². The minimum absolute atomic E-state index is 0.00481. The first-order valence-corrected chi connectivity index (χ1v) is 7.83. The molecule has 0 unspecified atom stereocenters. The van der Waals surface area contributed by atoms with Crippen LogP contribution in [-0.2, 0) is 4.74 Å². The first kappa shape index (κ1) is 15.7. The summed E-state index contributed by atoms with van der Waals surface area (Å²) in [5, 5.41) is 30.5. The highest BCUT2D eigenvalue weighted by molar-refractivity contribution is 5.63. The summed E-state index contributed by atoms with van der Waals surface area (Å²) in [5.41, 5.74) is 0.889. The molecule has 0 aromatic heterocycles. The number of rotatable bonds is 3. The van der Waals surface area contributed by atoms with E-state index in [4.69, 9.17) is 4.74 Å². The van der Waals surface area contributed by atoms with Crippen LogP contribution in [0, 0.1) is 27.4 Å². The number of anilines is 1. The molecule has 3 rings (SSSR count). The number of nitro benzene ring substituents is 1. The lowest BCUT2D eigenvalue weighted by Gasteiger charge is -2.41. The fourth-order valence-corrected chi connectivity index (χ4v) is 3.67. The second-order valence-corrected chi connectivity index (χ2v) is 6.07. The Morgan fingerprint density at radius 1 is 1.43 bits per heavy atom. The van der Waals surface area contributed by atoms with Crippen LogP contribution >= 0.6 is 0 Å². The van der Waals surface area contributed by atoms with Crippen LogP contribution in [0.25, 0.3) is 0 Å². The van der Waals surface area contributed by atoms with E-state index in [1.165, 1.54) is 12.1 Å². The van der Waals surface area contributed by atoms with Gasteiger partial charge in [-0.15, -0.1) is 0 Å². The van der Waals surface area contributed by atoms with Gasteiger partial charge in [0.25, 0.3) is 5.69 Å². The quantitative estimate of drug-likeness (QED) is 0.674. The van der Waals surface area contributed by atoms with Gasteiger partial charge in [-0.3, -0.25) is 10.1 Å². The summed E-state index contributed by atoms with van der Waals surface area (Å²) in [6.45, 7) is 1.66. The second kappa shape index (κ2) is 6.52. The van der Waals surface area contributed by atoms with Gasteiger partial charge in [0.2, 0.25) is 0 Å². The third-order valence-corrected chi connectivity index (χ3v) is 4.81. The normalized spacial score (nSPS) is 27.7. The van der Waals surface area contributed by atoms with Crippen molar-refractivity contribution in [1.29, 1.82) is 5.26 Å². The van der Waals surface area contributed by atoms with Gasteiger partial charge in [-0.05, 0) is 18.9 Å². The lowest BCUT2D eigenvalue weighted by atomic mass is 9.93. The number of nitrogens with zero attached hydrogens (tertiary/aromatic N) is 3. The average Bonchev–Trinajstić information content (AvgIpc) is 3.00. The predicted octanol–water partition coefficient (Wildman–Crippen LogP) is 1.83. The number of nitro groups is 1. The minimum atomic E-state index is -0.498. The summed E-state index contributed by atoms with van der Waals surface area (Å²) in [7, 11) is 0. The van der Waals surface area contributed by atoms with Crippen molar-refractivity contribution in [3.8, 4) is 6.07 Å². The van der Waals surface area contributed by atoms with Gasteiger partial charge in [-0.1, -0.05) is 6.42 Å². The van der Waals surface area contributed by atoms with Gasteiger partial charge in [0.05, 0.1) is 41.5 Å². The maximum absolute atomic E-state index is 10.9. The molecule has 1 N–H and O–H groups in total. The van der Waals surface area contributed by atoms with Crippen molar-refractivity contribution in [2.45, 2.75) is 31.4 Å². The van der Waals surface area contributed by atoms with Crippen molar-refractivity contribution in [2.24, 2.45) is 5.92 Å². The van der Waals surface area contributed by atoms with Crippen LogP contribution < -0.4 is 4.90 Å². The van der Waals surface area contributed by atoms with Gasteiger partial charge < -0.3 is 14.7 Å². The summed E-state index contributed by atoms with van der Waals surface area (Å²) in [6.07, 6.45) is 2.36. The zero-order valence-corrected chi connectivity index (χ0v) is 12.7. The largest absolute Gasteiger partial charge is 0.393 e. The van der Waals surface area contributed by atoms with Crippen molar-refractivity contribution in [2.75, 3.05) is 24.7 Å². The van der Waals surface area contributed by atoms with E-state index in [1.807, 2.05) is 0 Å². The average molecular weight is 317 g/mol. The van der Waals surface area contributed by atoms with E-state index in [0.29, 0.717) is 31.0 Å². The number of morpholine rings is 1. The number of aliphatic hydroxyl groups excluding tert-OH is 1. The Bertz CT molecular complexity index is 643. The topological polar surface area (TPSA) is 99.6 Å². The van der Waals surface area contributed by atoms with Crippen molar-refractivity contribution in [1.82, 2.24) is 0 Å². The molecule has 1 aliphatic heterocycles. The number of hydrogen-bond acceptors (Lipinski definition) is 6. The van der Waals surface area contributed by atoms with E-state index in [9.17, 15) is 20.5 Å².